The molecule has 0 atom stereocenters. The third-order valence-corrected chi connectivity index (χ3v) is 6.99. The molecule has 170 valence electrons. The van der Waals surface area contributed by atoms with Gasteiger partial charge in [-0.1, -0.05) is 13.2 Å². The summed E-state index contributed by atoms with van der Waals surface area (Å²) in [5, 5.41) is 0. The molecule has 2 saturated heterocycles. The lowest BCUT2D eigenvalue weighted by Crippen LogP contribution is -2.60. The van der Waals surface area contributed by atoms with Crippen molar-refractivity contribution >= 4 is 11.8 Å². The zero-order valence-corrected chi connectivity index (χ0v) is 20.4. The maximum absolute atomic E-state index is 13.0. The largest absolute Gasteiger partial charge is 0.462 e. The first-order valence-corrected chi connectivity index (χ1v) is 11.1. The first-order chi connectivity index (χ1) is 13.6. The molecule has 0 saturated carbocycles. The van der Waals surface area contributed by atoms with Gasteiger partial charge in [0.05, 0.1) is 0 Å². The number of ketones is 1. The number of rotatable bonds is 6. The number of piperidine rings is 2. The highest BCUT2D eigenvalue weighted by atomic mass is 16.5. The van der Waals surface area contributed by atoms with E-state index in [0.29, 0.717) is 12.8 Å². The number of carbonyl (C=O) groups excluding carboxylic acids is 2. The van der Waals surface area contributed by atoms with Crippen LogP contribution in [0, 0.1) is 5.92 Å². The Bertz CT molecular complexity index is 669. The van der Waals surface area contributed by atoms with Crippen LogP contribution in [-0.4, -0.2) is 49.8 Å². The summed E-state index contributed by atoms with van der Waals surface area (Å²) in [6.07, 6.45) is 6.28. The summed E-state index contributed by atoms with van der Waals surface area (Å²) in [7, 11) is 0. The summed E-state index contributed by atoms with van der Waals surface area (Å²) in [6, 6.07) is 0. The fraction of sp³-hybridized carbons (Fsp3) is 0.760. The summed E-state index contributed by atoms with van der Waals surface area (Å²) in [4.78, 5) is 30.2. The molecule has 2 aliphatic heterocycles. The molecule has 0 amide bonds. The van der Waals surface area contributed by atoms with Gasteiger partial charge in [-0.25, -0.2) is 0 Å². The predicted molar refractivity (Wildman–Crippen MR) is 122 cm³/mol. The normalized spacial score (nSPS) is 25.5. The number of nitrogens with zero attached hydrogens (tertiary/aromatic N) is 2. The van der Waals surface area contributed by atoms with Crippen LogP contribution in [-0.2, 0) is 14.3 Å². The van der Waals surface area contributed by atoms with Gasteiger partial charge >= 0.3 is 5.97 Å². The number of ether oxygens (including phenoxy) is 1. The van der Waals surface area contributed by atoms with Crippen LogP contribution in [0.1, 0.15) is 87.5 Å². The highest BCUT2D eigenvalue weighted by Gasteiger charge is 2.47. The van der Waals surface area contributed by atoms with Crippen LogP contribution < -0.4 is 0 Å². The third kappa shape index (κ3) is 4.92. The summed E-state index contributed by atoms with van der Waals surface area (Å²) >= 11 is 0. The van der Waals surface area contributed by atoms with E-state index in [1.54, 1.807) is 0 Å². The average Bonchev–Trinajstić information content (AvgIpc) is 2.50. The molecule has 0 unspecified atom stereocenters. The average molecular weight is 419 g/mol. The highest BCUT2D eigenvalue weighted by molar-refractivity contribution is 5.97. The Morgan fingerprint density at radius 3 is 1.53 bits per heavy atom. The minimum atomic E-state index is -0.398. The van der Waals surface area contributed by atoms with Crippen molar-refractivity contribution < 1.29 is 14.3 Å². The van der Waals surface area contributed by atoms with Crippen LogP contribution in [0.25, 0.3) is 0 Å². The maximum Gasteiger partial charge on any atom is 0.313 e. The van der Waals surface area contributed by atoms with E-state index in [-0.39, 0.29) is 46.4 Å². The van der Waals surface area contributed by atoms with E-state index in [1.807, 2.05) is 12.4 Å². The monoisotopic (exact) mass is 418 g/mol. The lowest BCUT2D eigenvalue weighted by Gasteiger charge is -2.55. The molecule has 0 radical (unpaired) electrons. The van der Waals surface area contributed by atoms with Crippen LogP contribution >= 0.6 is 0 Å². The first-order valence-electron chi connectivity index (χ1n) is 11.1. The minimum Gasteiger partial charge on any atom is -0.462 e. The van der Waals surface area contributed by atoms with E-state index in [9.17, 15) is 9.59 Å². The minimum absolute atomic E-state index is 0.00749. The van der Waals surface area contributed by atoms with Crippen molar-refractivity contribution in [2.75, 3.05) is 0 Å². The second-order valence-corrected chi connectivity index (χ2v) is 11.6. The van der Waals surface area contributed by atoms with Gasteiger partial charge in [-0.05, 0) is 80.6 Å². The van der Waals surface area contributed by atoms with E-state index in [1.165, 1.54) is 0 Å². The molecule has 5 nitrogen and oxygen atoms in total. The van der Waals surface area contributed by atoms with E-state index in [0.717, 1.165) is 12.8 Å². The van der Waals surface area contributed by atoms with E-state index >= 15 is 0 Å². The lowest BCUT2D eigenvalue weighted by molar-refractivity contribution is -0.160. The van der Waals surface area contributed by atoms with Crippen molar-refractivity contribution in [1.82, 2.24) is 9.80 Å². The smallest absolute Gasteiger partial charge is 0.313 e. The molecule has 0 spiro atoms. The van der Waals surface area contributed by atoms with Gasteiger partial charge in [-0.2, -0.15) is 0 Å². The number of Topliss-reactive ketones (excluding diaryl/α,β-unsaturated/α-hetero) is 1. The highest BCUT2D eigenvalue weighted by Crippen LogP contribution is 2.43. The van der Waals surface area contributed by atoms with E-state index in [2.05, 4.69) is 78.3 Å². The molecule has 0 bridgehead atoms. The molecule has 0 aliphatic carbocycles. The number of hydrogen-bond acceptors (Lipinski definition) is 5. The van der Waals surface area contributed by atoms with Crippen LogP contribution in [0.4, 0.5) is 0 Å². The fourth-order valence-electron chi connectivity index (χ4n) is 6.31. The van der Waals surface area contributed by atoms with Gasteiger partial charge in [0, 0.05) is 40.9 Å². The van der Waals surface area contributed by atoms with Gasteiger partial charge in [0.15, 0.2) is 0 Å². The van der Waals surface area contributed by atoms with Crippen LogP contribution in [0.5, 0.6) is 0 Å². The molecule has 2 fully saturated rings. The molecule has 0 aromatic rings. The number of hydrogen-bond donors (Lipinski definition) is 0. The maximum atomic E-state index is 13.0. The Morgan fingerprint density at radius 2 is 1.17 bits per heavy atom. The number of carbonyl (C=O) groups is 2. The van der Waals surface area contributed by atoms with Crippen molar-refractivity contribution in [3.8, 4) is 0 Å². The molecular formula is C25H42N2O3. The Balaban J connectivity index is 2.02. The second kappa shape index (κ2) is 8.05. The Kier molecular flexibility index (Phi) is 6.57. The number of likely N-dealkylation sites (tertiary alicyclic amines) is 2. The van der Waals surface area contributed by atoms with Crippen LogP contribution in [0.3, 0.4) is 0 Å². The Labute approximate surface area is 183 Å². The summed E-state index contributed by atoms with van der Waals surface area (Å²) < 4.78 is 5.82. The zero-order chi connectivity index (χ0) is 23.1. The van der Waals surface area contributed by atoms with E-state index in [4.69, 9.17) is 4.74 Å². The fourth-order valence-corrected chi connectivity index (χ4v) is 6.31. The standard InChI is InChI=1S/C25H42N2O3/c1-11-26-22(3,4)14-18(15-23(26,5)6)20(28)13-21(29)30-19-16-24(7,8)27(12-2)25(9,10)17-19/h11-12,18-19H,1-2,13-17H2,3-10H3. The zero-order valence-electron chi connectivity index (χ0n) is 20.4. The summed E-state index contributed by atoms with van der Waals surface area (Å²) in [6.45, 7) is 25.0. The Morgan fingerprint density at radius 1 is 0.800 bits per heavy atom. The van der Waals surface area contributed by atoms with Crippen molar-refractivity contribution in [1.29, 1.82) is 0 Å². The Hall–Kier alpha value is -1.78. The molecule has 0 aromatic carbocycles. The molecule has 30 heavy (non-hydrogen) atoms. The van der Waals surface area contributed by atoms with Crippen molar-refractivity contribution in [2.24, 2.45) is 5.92 Å². The van der Waals surface area contributed by atoms with Gasteiger partial charge in [0.1, 0.15) is 18.3 Å². The van der Waals surface area contributed by atoms with Gasteiger partial charge in [-0.3, -0.25) is 9.59 Å². The molecule has 0 aromatic heterocycles. The topological polar surface area (TPSA) is 49.9 Å². The molecule has 5 heteroatoms. The first kappa shape index (κ1) is 24.5. The predicted octanol–water partition coefficient (Wildman–Crippen LogP) is 5.07. The molecule has 2 rings (SSSR count). The second-order valence-electron chi connectivity index (χ2n) is 11.6. The van der Waals surface area contributed by atoms with Crippen LogP contribution in [0.2, 0.25) is 0 Å². The lowest BCUT2D eigenvalue weighted by atomic mass is 9.72. The molecule has 0 N–H and O–H groups in total. The van der Waals surface area contributed by atoms with Crippen molar-refractivity contribution in [2.45, 2.75) is 116 Å². The van der Waals surface area contributed by atoms with Crippen LogP contribution in [0.15, 0.2) is 25.6 Å². The molecule has 2 heterocycles. The van der Waals surface area contributed by atoms with Crippen molar-refractivity contribution in [3.05, 3.63) is 25.6 Å². The van der Waals surface area contributed by atoms with Gasteiger partial charge in [0.25, 0.3) is 0 Å². The van der Waals surface area contributed by atoms with E-state index < -0.39 is 5.97 Å². The van der Waals surface area contributed by atoms with Gasteiger partial charge in [0.2, 0.25) is 0 Å². The molecular weight excluding hydrogens is 376 g/mol. The summed E-state index contributed by atoms with van der Waals surface area (Å²) in [5.74, 6) is -0.549. The summed E-state index contributed by atoms with van der Waals surface area (Å²) in [5.41, 5.74) is -0.688. The van der Waals surface area contributed by atoms with Gasteiger partial charge in [-0.15, -0.1) is 0 Å². The quantitative estimate of drug-likeness (QED) is 0.445. The van der Waals surface area contributed by atoms with Crippen molar-refractivity contribution in [3.63, 3.8) is 0 Å². The SMILES string of the molecule is C=CN1C(C)(C)CC(OC(=O)CC(=O)C2CC(C)(C)N(C=C)C(C)(C)C2)CC1(C)C. The number of esters is 1. The third-order valence-electron chi connectivity index (χ3n) is 6.99. The van der Waals surface area contributed by atoms with Gasteiger partial charge < -0.3 is 14.5 Å². The molecule has 2 aliphatic rings.